The summed E-state index contributed by atoms with van der Waals surface area (Å²) in [4.78, 5) is 9.11. The predicted molar refractivity (Wildman–Crippen MR) is 76.6 cm³/mol. The van der Waals surface area contributed by atoms with Gasteiger partial charge in [-0.2, -0.15) is 11.8 Å². The van der Waals surface area contributed by atoms with Gasteiger partial charge in [-0.15, -0.1) is 0 Å². The molecule has 0 spiro atoms. The number of thioether (sulfide) groups is 1. The average Bonchev–Trinajstić information content (AvgIpc) is 2.25. The Balaban J connectivity index is 2.81. The summed E-state index contributed by atoms with van der Waals surface area (Å²) in [7, 11) is 1.90. The van der Waals surface area contributed by atoms with Gasteiger partial charge in [0.25, 0.3) is 0 Å². The molecule has 1 rings (SSSR count). The van der Waals surface area contributed by atoms with E-state index in [1.807, 2.05) is 24.9 Å². The van der Waals surface area contributed by atoms with E-state index in [4.69, 9.17) is 0 Å². The quantitative estimate of drug-likeness (QED) is 0.843. The van der Waals surface area contributed by atoms with Gasteiger partial charge in [-0.05, 0) is 17.6 Å². The van der Waals surface area contributed by atoms with Crippen molar-refractivity contribution in [2.45, 2.75) is 45.1 Å². The van der Waals surface area contributed by atoms with Gasteiger partial charge >= 0.3 is 0 Å². The first-order valence-electron chi connectivity index (χ1n) is 6.17. The lowest BCUT2D eigenvalue weighted by Gasteiger charge is -2.10. The van der Waals surface area contributed by atoms with Gasteiger partial charge in [-0.25, -0.2) is 9.97 Å². The molecule has 3 nitrogen and oxygen atoms in total. The Hall–Kier alpha value is -0.770. The molecule has 0 aliphatic heterocycles. The summed E-state index contributed by atoms with van der Waals surface area (Å²) in [6.45, 7) is 8.82. The summed E-state index contributed by atoms with van der Waals surface area (Å²) < 4.78 is 0. The van der Waals surface area contributed by atoms with Crippen LogP contribution in [0.1, 0.15) is 39.2 Å². The first kappa shape index (κ1) is 14.3. The van der Waals surface area contributed by atoms with Crippen molar-refractivity contribution in [1.82, 2.24) is 9.97 Å². The Morgan fingerprint density at radius 2 is 1.94 bits per heavy atom. The standard InChI is InChI=1S/C13H23N3S/c1-9(2)6-11-7-12(14-5)16-13(15-11)8-17-10(3)4/h7,9-10H,6,8H2,1-5H3,(H,14,15,16). The molecule has 0 aromatic carbocycles. The molecule has 1 aromatic heterocycles. The van der Waals surface area contributed by atoms with Crippen molar-refractivity contribution in [3.05, 3.63) is 17.6 Å². The molecule has 96 valence electrons. The van der Waals surface area contributed by atoms with Crippen LogP contribution in [-0.2, 0) is 12.2 Å². The molecule has 0 saturated heterocycles. The van der Waals surface area contributed by atoms with Crippen LogP contribution in [0.3, 0.4) is 0 Å². The highest BCUT2D eigenvalue weighted by molar-refractivity contribution is 7.99. The van der Waals surface area contributed by atoms with Crippen LogP contribution in [0.15, 0.2) is 6.07 Å². The predicted octanol–water partition coefficient (Wildman–Crippen LogP) is 3.36. The zero-order chi connectivity index (χ0) is 12.8. The van der Waals surface area contributed by atoms with Gasteiger partial charge in [0.2, 0.25) is 0 Å². The minimum atomic E-state index is 0.616. The topological polar surface area (TPSA) is 37.8 Å². The van der Waals surface area contributed by atoms with Crippen LogP contribution in [0, 0.1) is 5.92 Å². The summed E-state index contributed by atoms with van der Waals surface area (Å²) in [5, 5.41) is 3.72. The second-order valence-electron chi connectivity index (χ2n) is 4.87. The van der Waals surface area contributed by atoms with Gasteiger partial charge in [0.1, 0.15) is 11.6 Å². The van der Waals surface area contributed by atoms with Crippen molar-refractivity contribution < 1.29 is 0 Å². The van der Waals surface area contributed by atoms with Gasteiger partial charge in [0.05, 0.1) is 5.75 Å². The number of nitrogens with zero attached hydrogens (tertiary/aromatic N) is 2. The molecule has 0 unspecified atom stereocenters. The lowest BCUT2D eigenvalue weighted by Crippen LogP contribution is -2.06. The molecule has 0 bridgehead atoms. The summed E-state index contributed by atoms with van der Waals surface area (Å²) >= 11 is 1.88. The van der Waals surface area contributed by atoms with E-state index in [0.717, 1.165) is 29.5 Å². The fourth-order valence-electron chi connectivity index (χ4n) is 1.51. The largest absolute Gasteiger partial charge is 0.373 e. The van der Waals surface area contributed by atoms with Crippen molar-refractivity contribution in [2.75, 3.05) is 12.4 Å². The molecule has 1 N–H and O–H groups in total. The zero-order valence-corrected chi connectivity index (χ0v) is 12.3. The molecular formula is C13H23N3S. The minimum absolute atomic E-state index is 0.616. The van der Waals surface area contributed by atoms with E-state index in [1.54, 1.807) is 0 Å². The third-order valence-electron chi connectivity index (χ3n) is 2.24. The van der Waals surface area contributed by atoms with Gasteiger partial charge < -0.3 is 5.32 Å². The third-order valence-corrected chi connectivity index (χ3v) is 3.34. The first-order valence-corrected chi connectivity index (χ1v) is 7.22. The highest BCUT2D eigenvalue weighted by Crippen LogP contribution is 2.17. The molecule has 0 aliphatic rings. The summed E-state index contributed by atoms with van der Waals surface area (Å²) in [6, 6.07) is 2.05. The zero-order valence-electron chi connectivity index (χ0n) is 11.4. The fourth-order valence-corrected chi connectivity index (χ4v) is 2.12. The lowest BCUT2D eigenvalue weighted by molar-refractivity contribution is 0.632. The van der Waals surface area contributed by atoms with E-state index in [-0.39, 0.29) is 0 Å². The Labute approximate surface area is 109 Å². The Morgan fingerprint density at radius 3 is 2.47 bits per heavy atom. The Bertz CT molecular complexity index is 351. The number of hydrogen-bond donors (Lipinski definition) is 1. The van der Waals surface area contributed by atoms with Crippen LogP contribution in [0.25, 0.3) is 0 Å². The van der Waals surface area contributed by atoms with Crippen LogP contribution in [0.4, 0.5) is 5.82 Å². The summed E-state index contributed by atoms with van der Waals surface area (Å²) in [5.41, 5.74) is 1.14. The highest BCUT2D eigenvalue weighted by atomic mass is 32.2. The third kappa shape index (κ3) is 5.39. The maximum atomic E-state index is 4.62. The molecule has 1 heterocycles. The molecule has 0 radical (unpaired) electrons. The molecule has 0 atom stereocenters. The number of aromatic nitrogens is 2. The van der Waals surface area contributed by atoms with Gasteiger partial charge in [-0.1, -0.05) is 27.7 Å². The number of rotatable bonds is 6. The molecule has 1 aromatic rings. The molecule has 0 saturated carbocycles. The SMILES string of the molecule is CNc1cc(CC(C)C)nc(CSC(C)C)n1. The lowest BCUT2D eigenvalue weighted by atomic mass is 10.1. The van der Waals surface area contributed by atoms with Crippen LogP contribution in [-0.4, -0.2) is 22.3 Å². The molecule has 4 heteroatoms. The van der Waals surface area contributed by atoms with E-state index in [2.05, 4.69) is 43.0 Å². The van der Waals surface area contributed by atoms with E-state index in [1.165, 1.54) is 0 Å². The summed E-state index contributed by atoms with van der Waals surface area (Å²) in [5.74, 6) is 3.37. The molecular weight excluding hydrogens is 230 g/mol. The van der Waals surface area contributed by atoms with Crippen molar-refractivity contribution in [3.63, 3.8) is 0 Å². The highest BCUT2D eigenvalue weighted by Gasteiger charge is 2.06. The fraction of sp³-hybridized carbons (Fsp3) is 0.692. The van der Waals surface area contributed by atoms with Crippen LogP contribution in [0.2, 0.25) is 0 Å². The number of nitrogens with one attached hydrogen (secondary N) is 1. The van der Waals surface area contributed by atoms with Crippen molar-refractivity contribution in [1.29, 1.82) is 0 Å². The van der Waals surface area contributed by atoms with Crippen molar-refractivity contribution in [2.24, 2.45) is 5.92 Å². The smallest absolute Gasteiger partial charge is 0.140 e. The molecule has 0 fully saturated rings. The van der Waals surface area contributed by atoms with Gasteiger partial charge in [0, 0.05) is 18.8 Å². The average molecular weight is 253 g/mol. The molecule has 0 amide bonds. The van der Waals surface area contributed by atoms with Gasteiger partial charge in [-0.3, -0.25) is 0 Å². The van der Waals surface area contributed by atoms with E-state index < -0.39 is 0 Å². The Kier molecular flexibility index (Phi) is 5.75. The normalized spacial score (nSPS) is 11.2. The second kappa shape index (κ2) is 6.84. The van der Waals surface area contributed by atoms with E-state index in [9.17, 15) is 0 Å². The van der Waals surface area contributed by atoms with E-state index >= 15 is 0 Å². The second-order valence-corrected chi connectivity index (χ2v) is 6.43. The maximum Gasteiger partial charge on any atom is 0.140 e. The van der Waals surface area contributed by atoms with Crippen LogP contribution < -0.4 is 5.32 Å². The van der Waals surface area contributed by atoms with Crippen LogP contribution in [0.5, 0.6) is 0 Å². The Morgan fingerprint density at radius 1 is 1.24 bits per heavy atom. The van der Waals surface area contributed by atoms with Gasteiger partial charge in [0.15, 0.2) is 0 Å². The van der Waals surface area contributed by atoms with E-state index in [0.29, 0.717) is 11.2 Å². The molecule has 0 aliphatic carbocycles. The number of anilines is 1. The monoisotopic (exact) mass is 253 g/mol. The molecule has 17 heavy (non-hydrogen) atoms. The first-order chi connectivity index (χ1) is 8.01. The number of hydrogen-bond acceptors (Lipinski definition) is 4. The van der Waals surface area contributed by atoms with Crippen molar-refractivity contribution in [3.8, 4) is 0 Å². The van der Waals surface area contributed by atoms with Crippen LogP contribution >= 0.6 is 11.8 Å². The minimum Gasteiger partial charge on any atom is -0.373 e. The summed E-state index contributed by atoms with van der Waals surface area (Å²) in [6.07, 6.45) is 1.01. The van der Waals surface area contributed by atoms with Crippen molar-refractivity contribution >= 4 is 17.6 Å². The maximum absolute atomic E-state index is 4.62.